The molecule has 0 bridgehead atoms. The summed E-state index contributed by atoms with van der Waals surface area (Å²) in [5.41, 5.74) is 0.629. The maximum absolute atomic E-state index is 13.4. The number of hydrogen-bond acceptors (Lipinski definition) is 7. The topological polar surface area (TPSA) is 103 Å². The lowest BCUT2D eigenvalue weighted by molar-refractivity contribution is -0.143. The molecule has 2 saturated heterocycles. The molecule has 0 aliphatic carbocycles. The number of nitriles is 1. The number of rotatable bonds is 5. The normalized spacial score (nSPS) is 20.1. The summed E-state index contributed by atoms with van der Waals surface area (Å²) in [5, 5.41) is 19.2. The Kier molecular flexibility index (Phi) is 5.07. The molecular weight excluding hydrogens is 370 g/mol. The van der Waals surface area contributed by atoms with E-state index in [0.29, 0.717) is 44.8 Å². The molecule has 29 heavy (non-hydrogen) atoms. The zero-order valence-corrected chi connectivity index (χ0v) is 16.3. The number of methoxy groups -OCH3 is 1. The summed E-state index contributed by atoms with van der Waals surface area (Å²) in [6, 6.07) is 9.79. The Balaban J connectivity index is 1.60. The summed E-state index contributed by atoms with van der Waals surface area (Å²) in [6.45, 7) is 1.83. The lowest BCUT2D eigenvalue weighted by atomic mass is 9.73. The van der Waals surface area contributed by atoms with Crippen LogP contribution in [0.1, 0.15) is 17.7 Å². The van der Waals surface area contributed by atoms with Crippen LogP contribution in [0.25, 0.3) is 0 Å². The lowest BCUT2D eigenvalue weighted by Crippen LogP contribution is -2.65. The molecule has 8 heteroatoms. The van der Waals surface area contributed by atoms with Crippen molar-refractivity contribution in [2.45, 2.75) is 18.9 Å². The summed E-state index contributed by atoms with van der Waals surface area (Å²) in [6.07, 6.45) is 3.73. The van der Waals surface area contributed by atoms with Gasteiger partial charge in [0.25, 0.3) is 0 Å². The fraction of sp³-hybridized carbons (Fsp3) is 0.429. The van der Waals surface area contributed by atoms with E-state index in [1.54, 1.807) is 18.2 Å². The lowest BCUT2D eigenvalue weighted by Gasteiger charge is -2.51. The number of ether oxygens (including phenoxy) is 1. The average Bonchev–Trinajstić information content (AvgIpc) is 3.16. The van der Waals surface area contributed by atoms with E-state index in [9.17, 15) is 15.2 Å². The number of aliphatic hydroxyl groups excluding tert-OH is 1. The summed E-state index contributed by atoms with van der Waals surface area (Å²) >= 11 is 0. The number of likely N-dealkylation sites (tertiary alicyclic amines) is 1. The molecule has 8 nitrogen and oxygen atoms in total. The van der Waals surface area contributed by atoms with Gasteiger partial charge in [0.1, 0.15) is 11.8 Å². The van der Waals surface area contributed by atoms with Gasteiger partial charge < -0.3 is 19.6 Å². The van der Waals surface area contributed by atoms with Gasteiger partial charge in [-0.3, -0.25) is 4.79 Å². The fourth-order valence-corrected chi connectivity index (χ4v) is 4.23. The van der Waals surface area contributed by atoms with Gasteiger partial charge in [0, 0.05) is 38.6 Å². The SMILES string of the molecule is COc1cccc(CC2(C(=O)N3CCC(O)C3)CN(c3nccnc3C#N)C2)c1. The van der Waals surface area contributed by atoms with Crippen LogP contribution in [-0.4, -0.2) is 65.3 Å². The smallest absolute Gasteiger partial charge is 0.232 e. The van der Waals surface area contributed by atoms with Crippen LogP contribution < -0.4 is 9.64 Å². The number of anilines is 1. The number of hydrogen-bond donors (Lipinski definition) is 1. The minimum Gasteiger partial charge on any atom is -0.497 e. The molecule has 2 fully saturated rings. The Hall–Kier alpha value is -3.18. The quantitative estimate of drug-likeness (QED) is 0.808. The summed E-state index contributed by atoms with van der Waals surface area (Å²) in [7, 11) is 1.62. The summed E-state index contributed by atoms with van der Waals surface area (Å²) in [5.74, 6) is 1.29. The first-order valence-corrected chi connectivity index (χ1v) is 9.61. The van der Waals surface area contributed by atoms with E-state index >= 15 is 0 Å². The molecule has 2 aliphatic rings. The molecule has 2 aromatic rings. The van der Waals surface area contributed by atoms with Crippen LogP contribution in [0.5, 0.6) is 5.75 Å². The molecular formula is C21H23N5O3. The second kappa shape index (κ2) is 7.68. The van der Waals surface area contributed by atoms with Crippen LogP contribution in [0.2, 0.25) is 0 Å². The number of amides is 1. The first-order valence-electron chi connectivity index (χ1n) is 9.61. The molecule has 0 saturated carbocycles. The largest absolute Gasteiger partial charge is 0.497 e. The number of carbonyl (C=O) groups is 1. The van der Waals surface area contributed by atoms with E-state index in [-0.39, 0.29) is 11.6 Å². The van der Waals surface area contributed by atoms with Crippen molar-refractivity contribution in [1.82, 2.24) is 14.9 Å². The van der Waals surface area contributed by atoms with E-state index in [4.69, 9.17) is 4.74 Å². The molecule has 4 rings (SSSR count). The van der Waals surface area contributed by atoms with Crippen molar-refractivity contribution < 1.29 is 14.6 Å². The van der Waals surface area contributed by atoms with Crippen LogP contribution in [0.4, 0.5) is 5.82 Å². The Morgan fingerprint density at radius 3 is 2.86 bits per heavy atom. The van der Waals surface area contributed by atoms with E-state index in [2.05, 4.69) is 16.0 Å². The number of β-amino-alcohol motifs (C(OH)–C–C–N with tert-alkyl or cyclic N) is 1. The van der Waals surface area contributed by atoms with Crippen molar-refractivity contribution >= 4 is 11.7 Å². The van der Waals surface area contributed by atoms with Crippen LogP contribution in [0, 0.1) is 16.7 Å². The highest BCUT2D eigenvalue weighted by Gasteiger charge is 2.52. The van der Waals surface area contributed by atoms with Crippen molar-refractivity contribution in [3.05, 3.63) is 47.9 Å². The number of aliphatic hydroxyl groups is 1. The van der Waals surface area contributed by atoms with Crippen LogP contribution in [-0.2, 0) is 11.2 Å². The molecule has 1 aromatic carbocycles. The molecule has 2 aliphatic heterocycles. The van der Waals surface area contributed by atoms with Gasteiger partial charge in [0.05, 0.1) is 18.6 Å². The third-order valence-electron chi connectivity index (χ3n) is 5.65. The first-order chi connectivity index (χ1) is 14.0. The Morgan fingerprint density at radius 1 is 1.38 bits per heavy atom. The van der Waals surface area contributed by atoms with Crippen LogP contribution in [0.3, 0.4) is 0 Å². The molecule has 1 atom stereocenters. The van der Waals surface area contributed by atoms with Crippen molar-refractivity contribution in [2.75, 3.05) is 38.2 Å². The highest BCUT2D eigenvalue weighted by atomic mass is 16.5. The fourth-order valence-electron chi connectivity index (χ4n) is 4.23. The maximum Gasteiger partial charge on any atom is 0.232 e. The first kappa shape index (κ1) is 19.2. The van der Waals surface area contributed by atoms with Crippen LogP contribution in [0.15, 0.2) is 36.7 Å². The molecule has 1 N–H and O–H groups in total. The molecule has 0 radical (unpaired) electrons. The van der Waals surface area contributed by atoms with Crippen LogP contribution >= 0.6 is 0 Å². The molecule has 1 amide bonds. The Bertz CT molecular complexity index is 951. The zero-order valence-electron chi connectivity index (χ0n) is 16.3. The number of benzene rings is 1. The van der Waals surface area contributed by atoms with Gasteiger partial charge >= 0.3 is 0 Å². The third kappa shape index (κ3) is 3.61. The van der Waals surface area contributed by atoms with Gasteiger partial charge in [-0.1, -0.05) is 12.1 Å². The highest BCUT2D eigenvalue weighted by molar-refractivity contribution is 5.87. The standard InChI is InChI=1S/C21H23N5O3/c1-29-17-4-2-3-15(9-17)10-21(20(28)25-8-5-16(27)12-25)13-26(14-21)19-18(11-22)23-6-7-24-19/h2-4,6-7,9,16,27H,5,8,10,12-14H2,1H3. The number of carbonyl (C=O) groups excluding carboxylic acids is 1. The van der Waals surface area contributed by atoms with E-state index in [1.807, 2.05) is 29.2 Å². The monoisotopic (exact) mass is 393 g/mol. The second-order valence-electron chi connectivity index (χ2n) is 7.70. The van der Waals surface area contributed by atoms with Crippen molar-refractivity contribution in [1.29, 1.82) is 5.26 Å². The van der Waals surface area contributed by atoms with Crippen molar-refractivity contribution in [3.63, 3.8) is 0 Å². The minimum atomic E-state index is -0.638. The van der Waals surface area contributed by atoms with Gasteiger partial charge in [0.15, 0.2) is 11.5 Å². The predicted octanol–water partition coefficient (Wildman–Crippen LogP) is 0.999. The van der Waals surface area contributed by atoms with E-state index in [0.717, 1.165) is 11.3 Å². The third-order valence-corrected chi connectivity index (χ3v) is 5.65. The Labute approximate surface area is 169 Å². The van der Waals surface area contributed by atoms with Gasteiger partial charge in [0.2, 0.25) is 5.91 Å². The van der Waals surface area contributed by atoms with Gasteiger partial charge in [-0.15, -0.1) is 0 Å². The summed E-state index contributed by atoms with van der Waals surface area (Å²) < 4.78 is 5.32. The minimum absolute atomic E-state index is 0.0375. The van der Waals surface area contributed by atoms with E-state index in [1.165, 1.54) is 6.20 Å². The predicted molar refractivity (Wildman–Crippen MR) is 105 cm³/mol. The molecule has 1 unspecified atom stereocenters. The highest BCUT2D eigenvalue weighted by Crippen LogP contribution is 2.40. The number of aromatic nitrogens is 2. The molecule has 0 spiro atoms. The summed E-state index contributed by atoms with van der Waals surface area (Å²) in [4.78, 5) is 25.5. The Morgan fingerprint density at radius 2 is 2.17 bits per heavy atom. The van der Waals surface area contributed by atoms with Crippen molar-refractivity contribution in [3.8, 4) is 11.8 Å². The zero-order chi connectivity index (χ0) is 20.4. The van der Waals surface area contributed by atoms with Gasteiger partial charge in [-0.2, -0.15) is 5.26 Å². The van der Waals surface area contributed by atoms with E-state index < -0.39 is 11.5 Å². The molecule has 1 aromatic heterocycles. The van der Waals surface area contributed by atoms with Gasteiger partial charge in [-0.05, 0) is 30.5 Å². The number of nitrogens with zero attached hydrogens (tertiary/aromatic N) is 5. The van der Waals surface area contributed by atoms with Gasteiger partial charge in [-0.25, -0.2) is 9.97 Å². The van der Waals surface area contributed by atoms with Crippen molar-refractivity contribution in [2.24, 2.45) is 5.41 Å². The molecule has 3 heterocycles. The maximum atomic E-state index is 13.4. The second-order valence-corrected chi connectivity index (χ2v) is 7.70. The molecule has 150 valence electrons. The average molecular weight is 393 g/mol.